The molecule has 0 aliphatic rings. The molecular formula is C12H17FN2O2. The molecule has 0 bridgehead atoms. The van der Waals surface area contributed by atoms with Crippen LogP contribution in [0.3, 0.4) is 0 Å². The van der Waals surface area contributed by atoms with Gasteiger partial charge in [0.2, 0.25) is 0 Å². The van der Waals surface area contributed by atoms with Crippen molar-refractivity contribution in [1.29, 1.82) is 0 Å². The first-order valence-corrected chi connectivity index (χ1v) is 5.58. The molecule has 0 radical (unpaired) electrons. The molecule has 0 saturated heterocycles. The van der Waals surface area contributed by atoms with Crippen molar-refractivity contribution >= 4 is 11.6 Å². The fourth-order valence-corrected chi connectivity index (χ4v) is 1.20. The Morgan fingerprint density at radius 3 is 2.94 bits per heavy atom. The zero-order valence-corrected chi connectivity index (χ0v) is 9.83. The highest BCUT2D eigenvalue weighted by Gasteiger charge is 2.04. The lowest BCUT2D eigenvalue weighted by molar-refractivity contribution is -0.123. The predicted octanol–water partition coefficient (Wildman–Crippen LogP) is 1.70. The zero-order chi connectivity index (χ0) is 12.7. The van der Waals surface area contributed by atoms with Gasteiger partial charge in [0.05, 0.1) is 5.69 Å². The fourth-order valence-electron chi connectivity index (χ4n) is 1.20. The van der Waals surface area contributed by atoms with E-state index in [1.165, 1.54) is 12.1 Å². The van der Waals surface area contributed by atoms with Gasteiger partial charge in [0.15, 0.2) is 6.61 Å². The van der Waals surface area contributed by atoms with Crippen LogP contribution in [0.2, 0.25) is 0 Å². The third-order valence-corrected chi connectivity index (χ3v) is 2.19. The Balaban J connectivity index is 2.34. The van der Waals surface area contributed by atoms with Crippen molar-refractivity contribution in [2.24, 2.45) is 0 Å². The van der Waals surface area contributed by atoms with Crippen LogP contribution in [-0.2, 0) is 4.79 Å². The molecule has 5 heteroatoms. The molecule has 1 aromatic carbocycles. The highest BCUT2D eigenvalue weighted by molar-refractivity contribution is 5.77. The number of unbranched alkanes of at least 4 members (excludes halogenated alkanes) is 1. The maximum Gasteiger partial charge on any atom is 0.257 e. The second-order valence-electron chi connectivity index (χ2n) is 3.68. The number of nitrogen functional groups attached to an aromatic ring is 1. The SMILES string of the molecule is CCCCNC(=O)COc1ccc(N)c(F)c1. The Labute approximate surface area is 100.0 Å². The number of benzene rings is 1. The molecule has 0 unspecified atom stereocenters. The van der Waals surface area contributed by atoms with E-state index in [0.717, 1.165) is 18.9 Å². The lowest BCUT2D eigenvalue weighted by atomic mass is 10.3. The van der Waals surface area contributed by atoms with E-state index in [9.17, 15) is 9.18 Å². The first-order chi connectivity index (χ1) is 8.13. The van der Waals surface area contributed by atoms with E-state index in [1.807, 2.05) is 6.92 Å². The number of carbonyl (C=O) groups is 1. The number of nitrogens with two attached hydrogens (primary N) is 1. The molecule has 4 nitrogen and oxygen atoms in total. The van der Waals surface area contributed by atoms with Crippen molar-refractivity contribution in [3.8, 4) is 5.75 Å². The van der Waals surface area contributed by atoms with Crippen LogP contribution in [0, 0.1) is 5.82 Å². The van der Waals surface area contributed by atoms with E-state index in [4.69, 9.17) is 10.5 Å². The van der Waals surface area contributed by atoms with Crippen LogP contribution in [-0.4, -0.2) is 19.1 Å². The third kappa shape index (κ3) is 4.72. The topological polar surface area (TPSA) is 64.3 Å². The van der Waals surface area contributed by atoms with E-state index in [-0.39, 0.29) is 18.2 Å². The summed E-state index contributed by atoms with van der Waals surface area (Å²) in [6, 6.07) is 4.09. The summed E-state index contributed by atoms with van der Waals surface area (Å²) in [6.45, 7) is 2.56. The largest absolute Gasteiger partial charge is 0.484 e. The molecule has 0 heterocycles. The molecule has 0 aliphatic heterocycles. The standard InChI is InChI=1S/C12H17FN2O2/c1-2-3-6-15-12(16)8-17-9-4-5-11(14)10(13)7-9/h4-5,7H,2-3,6,8,14H2,1H3,(H,15,16). The van der Waals surface area contributed by atoms with Crippen LogP contribution < -0.4 is 15.8 Å². The van der Waals surface area contributed by atoms with Gasteiger partial charge in [-0.1, -0.05) is 13.3 Å². The van der Waals surface area contributed by atoms with Gasteiger partial charge in [-0.2, -0.15) is 0 Å². The van der Waals surface area contributed by atoms with Crippen molar-refractivity contribution in [3.63, 3.8) is 0 Å². The van der Waals surface area contributed by atoms with E-state index in [0.29, 0.717) is 12.3 Å². The summed E-state index contributed by atoms with van der Waals surface area (Å²) in [5, 5.41) is 2.70. The highest BCUT2D eigenvalue weighted by Crippen LogP contribution is 2.17. The molecule has 0 fully saturated rings. The molecule has 17 heavy (non-hydrogen) atoms. The second kappa shape index (κ2) is 6.73. The van der Waals surface area contributed by atoms with Crippen molar-refractivity contribution in [1.82, 2.24) is 5.32 Å². The first kappa shape index (κ1) is 13.3. The van der Waals surface area contributed by atoms with Crippen molar-refractivity contribution < 1.29 is 13.9 Å². The Kier molecular flexibility index (Phi) is 5.26. The van der Waals surface area contributed by atoms with Crippen molar-refractivity contribution in [2.45, 2.75) is 19.8 Å². The Morgan fingerprint density at radius 1 is 1.53 bits per heavy atom. The number of nitrogens with one attached hydrogen (secondary N) is 1. The molecule has 0 saturated carbocycles. The van der Waals surface area contributed by atoms with Gasteiger partial charge in [-0.05, 0) is 18.6 Å². The van der Waals surface area contributed by atoms with Gasteiger partial charge >= 0.3 is 0 Å². The Morgan fingerprint density at radius 2 is 2.29 bits per heavy atom. The van der Waals surface area contributed by atoms with Gasteiger partial charge in [0.25, 0.3) is 5.91 Å². The first-order valence-electron chi connectivity index (χ1n) is 5.58. The van der Waals surface area contributed by atoms with Crippen LogP contribution in [0.4, 0.5) is 10.1 Å². The number of rotatable bonds is 6. The molecule has 0 spiro atoms. The number of hydrogen-bond donors (Lipinski definition) is 2. The maximum absolute atomic E-state index is 13.0. The molecule has 3 N–H and O–H groups in total. The van der Waals surface area contributed by atoms with Crippen LogP contribution >= 0.6 is 0 Å². The number of halogens is 1. The number of ether oxygens (including phenoxy) is 1. The fraction of sp³-hybridized carbons (Fsp3) is 0.417. The van der Waals surface area contributed by atoms with Gasteiger partial charge < -0.3 is 15.8 Å². The van der Waals surface area contributed by atoms with E-state index >= 15 is 0 Å². The molecule has 1 amide bonds. The molecule has 1 aromatic rings. The zero-order valence-electron chi connectivity index (χ0n) is 9.83. The summed E-state index contributed by atoms with van der Waals surface area (Å²) < 4.78 is 18.2. The number of anilines is 1. The molecular weight excluding hydrogens is 223 g/mol. The summed E-state index contributed by atoms with van der Waals surface area (Å²) in [4.78, 5) is 11.3. The third-order valence-electron chi connectivity index (χ3n) is 2.19. The quantitative estimate of drug-likeness (QED) is 0.587. The number of hydrogen-bond acceptors (Lipinski definition) is 3. The summed E-state index contributed by atoms with van der Waals surface area (Å²) in [5.74, 6) is -0.466. The predicted molar refractivity (Wildman–Crippen MR) is 64.2 cm³/mol. The Hall–Kier alpha value is -1.78. The molecule has 94 valence electrons. The highest BCUT2D eigenvalue weighted by atomic mass is 19.1. The van der Waals surface area contributed by atoms with Crippen molar-refractivity contribution in [3.05, 3.63) is 24.0 Å². The van der Waals surface area contributed by atoms with Crippen molar-refractivity contribution in [2.75, 3.05) is 18.9 Å². The van der Waals surface area contributed by atoms with E-state index < -0.39 is 5.82 Å². The van der Waals surface area contributed by atoms with Crippen LogP contribution in [0.25, 0.3) is 0 Å². The lowest BCUT2D eigenvalue weighted by Crippen LogP contribution is -2.29. The average molecular weight is 240 g/mol. The maximum atomic E-state index is 13.0. The van der Waals surface area contributed by atoms with Gasteiger partial charge in [0.1, 0.15) is 11.6 Å². The van der Waals surface area contributed by atoms with Crippen LogP contribution in [0.1, 0.15) is 19.8 Å². The molecule has 1 rings (SSSR count). The van der Waals surface area contributed by atoms with Crippen LogP contribution in [0.15, 0.2) is 18.2 Å². The summed E-state index contributed by atoms with van der Waals surface area (Å²) in [5.41, 5.74) is 5.38. The van der Waals surface area contributed by atoms with Gasteiger partial charge in [-0.15, -0.1) is 0 Å². The molecule has 0 aromatic heterocycles. The lowest BCUT2D eigenvalue weighted by Gasteiger charge is -2.07. The minimum atomic E-state index is -0.547. The van der Waals surface area contributed by atoms with Gasteiger partial charge in [0, 0.05) is 12.6 Å². The monoisotopic (exact) mass is 240 g/mol. The summed E-state index contributed by atoms with van der Waals surface area (Å²) >= 11 is 0. The summed E-state index contributed by atoms with van der Waals surface area (Å²) in [6.07, 6.45) is 1.95. The van der Waals surface area contributed by atoms with E-state index in [1.54, 1.807) is 0 Å². The average Bonchev–Trinajstić information content (AvgIpc) is 2.31. The minimum Gasteiger partial charge on any atom is -0.484 e. The van der Waals surface area contributed by atoms with E-state index in [2.05, 4.69) is 5.32 Å². The summed E-state index contributed by atoms with van der Waals surface area (Å²) in [7, 11) is 0. The number of amides is 1. The normalized spacial score (nSPS) is 10.0. The minimum absolute atomic E-state index is 0.0600. The van der Waals surface area contributed by atoms with Gasteiger partial charge in [-0.3, -0.25) is 4.79 Å². The smallest absolute Gasteiger partial charge is 0.257 e. The second-order valence-corrected chi connectivity index (χ2v) is 3.68. The number of carbonyl (C=O) groups excluding carboxylic acids is 1. The Bertz CT molecular complexity index is 383. The molecule has 0 atom stereocenters. The molecule has 0 aliphatic carbocycles. The van der Waals surface area contributed by atoms with Crippen LogP contribution in [0.5, 0.6) is 5.75 Å². The van der Waals surface area contributed by atoms with Gasteiger partial charge in [-0.25, -0.2) is 4.39 Å².